The zero-order chi connectivity index (χ0) is 22.4. The number of carbonyl (C=O) groups excluding carboxylic acids is 2. The van der Waals surface area contributed by atoms with Crippen LogP contribution in [0.25, 0.3) is 0 Å². The lowest BCUT2D eigenvalue weighted by Crippen LogP contribution is -2.49. The van der Waals surface area contributed by atoms with Gasteiger partial charge in [-0.3, -0.25) is 9.59 Å². The van der Waals surface area contributed by atoms with Crippen LogP contribution < -0.4 is 10.2 Å². The maximum Gasteiger partial charge on any atom is 0.255 e. The summed E-state index contributed by atoms with van der Waals surface area (Å²) < 4.78 is 0. The summed E-state index contributed by atoms with van der Waals surface area (Å²) in [7, 11) is 4.01. The first-order valence-electron chi connectivity index (χ1n) is 10.2. The van der Waals surface area contributed by atoms with Crippen molar-refractivity contribution in [1.82, 2.24) is 20.1 Å². The number of hydrogen-bond donors (Lipinski definition) is 1. The monoisotopic (exact) mass is 463 g/mol. The predicted octanol–water partition coefficient (Wildman–Crippen LogP) is 3.03. The molecule has 0 unspecified atom stereocenters. The fraction of sp³-hybridized carbons (Fsp3) is 0.409. The maximum atomic E-state index is 12.8. The van der Waals surface area contributed by atoms with Crippen LogP contribution >= 0.6 is 23.2 Å². The SMILES string of the molecule is CN(C)CCCNC(=O)c1ccc(N2CCN(C(=O)c3ccc(Cl)cc3Cl)CC2)nc1. The molecule has 0 aliphatic carbocycles. The van der Waals surface area contributed by atoms with Gasteiger partial charge in [0.2, 0.25) is 0 Å². The molecule has 0 spiro atoms. The fourth-order valence-corrected chi connectivity index (χ4v) is 3.87. The van der Waals surface area contributed by atoms with Crippen molar-refractivity contribution in [3.63, 3.8) is 0 Å². The van der Waals surface area contributed by atoms with Gasteiger partial charge < -0.3 is 20.0 Å². The van der Waals surface area contributed by atoms with Gasteiger partial charge in [0.15, 0.2) is 0 Å². The Labute approximate surface area is 192 Å². The molecule has 0 atom stereocenters. The van der Waals surface area contributed by atoms with Crippen LogP contribution in [-0.4, -0.2) is 80.0 Å². The van der Waals surface area contributed by atoms with E-state index in [1.807, 2.05) is 20.2 Å². The molecule has 1 aromatic carbocycles. The Hall–Kier alpha value is -2.35. The van der Waals surface area contributed by atoms with Gasteiger partial charge >= 0.3 is 0 Å². The molecule has 3 rings (SSSR count). The minimum absolute atomic E-state index is 0.101. The normalized spacial score (nSPS) is 14.1. The largest absolute Gasteiger partial charge is 0.353 e. The van der Waals surface area contributed by atoms with Crippen molar-refractivity contribution < 1.29 is 9.59 Å². The molecule has 2 aromatic rings. The Morgan fingerprint density at radius 3 is 2.45 bits per heavy atom. The van der Waals surface area contributed by atoms with E-state index in [1.165, 1.54) is 0 Å². The molecule has 0 radical (unpaired) electrons. The average molecular weight is 464 g/mol. The second-order valence-electron chi connectivity index (χ2n) is 7.72. The molecule has 0 saturated carbocycles. The van der Waals surface area contributed by atoms with Gasteiger partial charge in [0, 0.05) is 43.9 Å². The molecule has 9 heteroatoms. The summed E-state index contributed by atoms with van der Waals surface area (Å²) >= 11 is 12.1. The van der Waals surface area contributed by atoms with E-state index >= 15 is 0 Å². The highest BCUT2D eigenvalue weighted by atomic mass is 35.5. The van der Waals surface area contributed by atoms with Crippen LogP contribution in [0.3, 0.4) is 0 Å². The number of hydrogen-bond acceptors (Lipinski definition) is 5. The van der Waals surface area contributed by atoms with Crippen LogP contribution in [0, 0.1) is 0 Å². The number of pyridine rings is 1. The third-order valence-corrected chi connectivity index (χ3v) is 5.68. The van der Waals surface area contributed by atoms with Crippen molar-refractivity contribution in [3.8, 4) is 0 Å². The molecule has 166 valence electrons. The van der Waals surface area contributed by atoms with Crippen LogP contribution in [0.1, 0.15) is 27.1 Å². The van der Waals surface area contributed by atoms with Crippen molar-refractivity contribution in [2.24, 2.45) is 0 Å². The van der Waals surface area contributed by atoms with E-state index in [9.17, 15) is 9.59 Å². The molecule has 1 aliphatic rings. The highest BCUT2D eigenvalue weighted by Crippen LogP contribution is 2.23. The molecule has 2 heterocycles. The van der Waals surface area contributed by atoms with Crippen molar-refractivity contribution in [3.05, 3.63) is 57.7 Å². The molecule has 1 aliphatic heterocycles. The van der Waals surface area contributed by atoms with Crippen LogP contribution in [0.4, 0.5) is 5.82 Å². The zero-order valence-corrected chi connectivity index (χ0v) is 19.3. The quantitative estimate of drug-likeness (QED) is 0.639. The second kappa shape index (κ2) is 10.8. The first-order chi connectivity index (χ1) is 14.8. The Kier molecular flexibility index (Phi) is 8.12. The van der Waals surface area contributed by atoms with Gasteiger partial charge in [0.05, 0.1) is 16.1 Å². The van der Waals surface area contributed by atoms with Gasteiger partial charge in [-0.25, -0.2) is 4.98 Å². The summed E-state index contributed by atoms with van der Waals surface area (Å²) in [4.78, 5) is 35.4. The highest BCUT2D eigenvalue weighted by Gasteiger charge is 2.24. The van der Waals surface area contributed by atoms with E-state index in [2.05, 4.69) is 20.1 Å². The van der Waals surface area contributed by atoms with Crippen LogP contribution in [-0.2, 0) is 0 Å². The number of nitrogens with zero attached hydrogens (tertiary/aromatic N) is 4. The molecule has 0 bridgehead atoms. The molecule has 1 saturated heterocycles. The summed E-state index contributed by atoms with van der Waals surface area (Å²) in [6.07, 6.45) is 2.50. The Balaban J connectivity index is 1.51. The summed E-state index contributed by atoms with van der Waals surface area (Å²) in [5.74, 6) is 0.574. The van der Waals surface area contributed by atoms with Crippen LogP contribution in [0.5, 0.6) is 0 Å². The molecule has 1 N–H and O–H groups in total. The minimum Gasteiger partial charge on any atom is -0.353 e. The van der Waals surface area contributed by atoms with E-state index in [-0.39, 0.29) is 11.8 Å². The lowest BCUT2D eigenvalue weighted by molar-refractivity contribution is 0.0746. The molecule has 1 fully saturated rings. The number of halogens is 2. The maximum absolute atomic E-state index is 12.8. The van der Waals surface area contributed by atoms with Crippen molar-refractivity contribution >= 4 is 40.8 Å². The first kappa shape index (κ1) is 23.3. The number of aromatic nitrogens is 1. The van der Waals surface area contributed by atoms with E-state index in [0.29, 0.717) is 53.9 Å². The van der Waals surface area contributed by atoms with Crippen LogP contribution in [0.2, 0.25) is 10.0 Å². The third-order valence-electron chi connectivity index (χ3n) is 5.13. The standard InChI is InChI=1S/C22H27Cl2N5O2/c1-27(2)9-3-8-25-21(30)16-4-7-20(26-15-16)28-10-12-29(13-11-28)22(31)18-6-5-17(23)14-19(18)24/h4-7,14-15H,3,8-13H2,1-2H3,(H,25,30). The van der Waals surface area contributed by atoms with E-state index < -0.39 is 0 Å². The van der Waals surface area contributed by atoms with Gasteiger partial charge in [0.25, 0.3) is 11.8 Å². The second-order valence-corrected chi connectivity index (χ2v) is 8.56. The number of benzene rings is 1. The Morgan fingerprint density at radius 1 is 1.10 bits per heavy atom. The van der Waals surface area contributed by atoms with E-state index in [1.54, 1.807) is 35.4 Å². The summed E-state index contributed by atoms with van der Waals surface area (Å²) in [6.45, 7) is 3.99. The third kappa shape index (κ3) is 6.32. The highest BCUT2D eigenvalue weighted by molar-refractivity contribution is 6.36. The Bertz CT molecular complexity index is 913. The predicted molar refractivity (Wildman–Crippen MR) is 124 cm³/mol. The smallest absolute Gasteiger partial charge is 0.255 e. The number of carbonyl (C=O) groups is 2. The lowest BCUT2D eigenvalue weighted by Gasteiger charge is -2.35. The number of anilines is 1. The van der Waals surface area contributed by atoms with E-state index in [0.717, 1.165) is 18.8 Å². The first-order valence-corrected chi connectivity index (χ1v) is 11.0. The van der Waals surface area contributed by atoms with Gasteiger partial charge in [-0.05, 0) is 57.4 Å². The molecule has 1 aromatic heterocycles. The summed E-state index contributed by atoms with van der Waals surface area (Å²) in [5, 5.41) is 3.77. The minimum atomic E-state index is -0.118. The van der Waals surface area contributed by atoms with Crippen molar-refractivity contribution in [1.29, 1.82) is 0 Å². The lowest BCUT2D eigenvalue weighted by atomic mass is 10.1. The van der Waals surface area contributed by atoms with Gasteiger partial charge in [0.1, 0.15) is 5.82 Å². The van der Waals surface area contributed by atoms with E-state index in [4.69, 9.17) is 23.2 Å². The van der Waals surface area contributed by atoms with Gasteiger partial charge in [-0.2, -0.15) is 0 Å². The summed E-state index contributed by atoms with van der Waals surface area (Å²) in [5.41, 5.74) is 0.999. The number of rotatable bonds is 7. The molecular formula is C22H27Cl2N5O2. The van der Waals surface area contributed by atoms with Crippen molar-refractivity contribution in [2.45, 2.75) is 6.42 Å². The molecule has 2 amide bonds. The Morgan fingerprint density at radius 2 is 1.84 bits per heavy atom. The van der Waals surface area contributed by atoms with Crippen LogP contribution in [0.15, 0.2) is 36.5 Å². The zero-order valence-electron chi connectivity index (χ0n) is 17.8. The fourth-order valence-electron chi connectivity index (χ4n) is 3.38. The van der Waals surface area contributed by atoms with Gasteiger partial charge in [-0.15, -0.1) is 0 Å². The van der Waals surface area contributed by atoms with Crippen molar-refractivity contribution in [2.75, 3.05) is 58.3 Å². The number of nitrogens with one attached hydrogen (secondary N) is 1. The average Bonchev–Trinajstić information content (AvgIpc) is 2.76. The molecule has 7 nitrogen and oxygen atoms in total. The molecular weight excluding hydrogens is 437 g/mol. The van der Waals surface area contributed by atoms with Gasteiger partial charge in [-0.1, -0.05) is 23.2 Å². The topological polar surface area (TPSA) is 68.8 Å². The number of amides is 2. The summed E-state index contributed by atoms with van der Waals surface area (Å²) in [6, 6.07) is 8.54. The number of piperazine rings is 1. The molecule has 31 heavy (non-hydrogen) atoms.